The third-order valence-corrected chi connectivity index (χ3v) is 3.87. The third-order valence-electron chi connectivity index (χ3n) is 3.20. The fourth-order valence-electron chi connectivity index (χ4n) is 2.18. The zero-order valence-electron chi connectivity index (χ0n) is 9.88. The minimum Gasteiger partial charge on any atom is -0.317 e. The van der Waals surface area contributed by atoms with Crippen molar-refractivity contribution in [1.29, 1.82) is 0 Å². The maximum Gasteiger partial charge on any atom is 0.178 e. The molecule has 0 unspecified atom stereocenters. The maximum absolute atomic E-state index is 4.50. The van der Waals surface area contributed by atoms with Crippen LogP contribution in [0.5, 0.6) is 0 Å². The fraction of sp³-hybridized carbons (Fsp3) is 0.417. The number of piperidine rings is 1. The van der Waals surface area contributed by atoms with Crippen molar-refractivity contribution in [2.24, 2.45) is 0 Å². The number of hydrogen-bond acceptors (Lipinski definition) is 4. The normalized spacial score (nSPS) is 16.9. The lowest BCUT2D eigenvalue weighted by molar-refractivity contribution is 0.444. The van der Waals surface area contributed by atoms with Gasteiger partial charge in [-0.25, -0.2) is 0 Å². The van der Waals surface area contributed by atoms with E-state index < -0.39 is 0 Å². The summed E-state index contributed by atoms with van der Waals surface area (Å²) in [4.78, 5) is 1.60. The molecule has 0 spiro atoms. The lowest BCUT2D eigenvalue weighted by Crippen LogP contribution is -2.27. The van der Waals surface area contributed by atoms with Gasteiger partial charge in [0.1, 0.15) is 5.69 Å². The Bertz CT molecular complexity index is 533. The molecule has 1 fully saturated rings. The van der Waals surface area contributed by atoms with Gasteiger partial charge in [-0.05, 0) is 59.2 Å². The Kier molecular flexibility index (Phi) is 3.38. The van der Waals surface area contributed by atoms with Gasteiger partial charge in [-0.2, -0.15) is 0 Å². The summed E-state index contributed by atoms with van der Waals surface area (Å²) in [5.41, 5.74) is 0.921. The molecule has 0 amide bonds. The number of nitrogens with zero attached hydrogens (tertiary/aromatic N) is 4. The van der Waals surface area contributed by atoms with Crippen LogP contribution >= 0.6 is 15.9 Å². The minimum absolute atomic E-state index is 0.433. The lowest BCUT2D eigenvalue weighted by Gasteiger charge is -2.19. The average Bonchev–Trinajstić information content (AvgIpc) is 2.90. The quantitative estimate of drug-likeness (QED) is 0.920. The summed E-state index contributed by atoms with van der Waals surface area (Å²) in [5, 5.41) is 16.2. The summed E-state index contributed by atoms with van der Waals surface area (Å²) in [6.07, 6.45) is 2.17. The molecule has 5 nitrogen and oxygen atoms in total. The number of halogens is 1. The Hall–Kier alpha value is -1.27. The van der Waals surface area contributed by atoms with Crippen molar-refractivity contribution in [2.45, 2.75) is 18.8 Å². The molecule has 2 aromatic rings. The van der Waals surface area contributed by atoms with E-state index in [1.165, 1.54) is 0 Å². The summed E-state index contributed by atoms with van der Waals surface area (Å²) in [6, 6.07) is 7.88. The molecule has 1 N–H and O–H groups in total. The molecule has 0 bridgehead atoms. The van der Waals surface area contributed by atoms with Crippen molar-refractivity contribution in [3.05, 3.63) is 34.6 Å². The number of aromatic nitrogens is 4. The van der Waals surface area contributed by atoms with Crippen molar-refractivity contribution in [1.82, 2.24) is 25.5 Å². The van der Waals surface area contributed by atoms with Gasteiger partial charge in [-0.3, -0.25) is 0 Å². The van der Waals surface area contributed by atoms with E-state index in [1.54, 1.807) is 4.80 Å². The van der Waals surface area contributed by atoms with Gasteiger partial charge in [-0.15, -0.1) is 15.0 Å². The van der Waals surface area contributed by atoms with Gasteiger partial charge in [0.05, 0.1) is 0 Å². The molecule has 3 rings (SSSR count). The molecule has 94 valence electrons. The van der Waals surface area contributed by atoms with E-state index in [1.807, 2.05) is 24.3 Å². The largest absolute Gasteiger partial charge is 0.317 e. The molecule has 0 atom stereocenters. The zero-order chi connectivity index (χ0) is 12.4. The van der Waals surface area contributed by atoms with E-state index in [2.05, 4.69) is 36.7 Å². The third kappa shape index (κ3) is 2.30. The standard InChI is InChI=1S/C12H14BrN5/c13-10-3-1-2-4-11(10)18-16-12(15-17-18)9-5-7-14-8-6-9/h1-4,9,14H,5-8H2. The fourth-order valence-corrected chi connectivity index (χ4v) is 2.63. The second kappa shape index (κ2) is 5.16. The average molecular weight is 308 g/mol. The number of benzene rings is 1. The highest BCUT2D eigenvalue weighted by atomic mass is 79.9. The van der Waals surface area contributed by atoms with Crippen LogP contribution in [0.1, 0.15) is 24.6 Å². The Labute approximate surface area is 114 Å². The van der Waals surface area contributed by atoms with Crippen LogP contribution in [0.2, 0.25) is 0 Å². The van der Waals surface area contributed by atoms with Crippen molar-refractivity contribution < 1.29 is 0 Å². The summed E-state index contributed by atoms with van der Waals surface area (Å²) in [6.45, 7) is 2.07. The van der Waals surface area contributed by atoms with Crippen LogP contribution in [-0.4, -0.2) is 33.3 Å². The van der Waals surface area contributed by atoms with E-state index in [0.717, 1.165) is 41.9 Å². The predicted octanol–water partition coefficient (Wildman–Crippen LogP) is 1.89. The van der Waals surface area contributed by atoms with Gasteiger partial charge in [0.2, 0.25) is 0 Å². The summed E-state index contributed by atoms with van der Waals surface area (Å²) in [5.74, 6) is 1.29. The monoisotopic (exact) mass is 307 g/mol. The minimum atomic E-state index is 0.433. The molecule has 1 aromatic carbocycles. The van der Waals surface area contributed by atoms with Gasteiger partial charge in [0.25, 0.3) is 0 Å². The topological polar surface area (TPSA) is 55.6 Å². The van der Waals surface area contributed by atoms with Crippen LogP contribution in [0, 0.1) is 0 Å². The first-order chi connectivity index (χ1) is 8.84. The zero-order valence-corrected chi connectivity index (χ0v) is 11.5. The van der Waals surface area contributed by atoms with Crippen LogP contribution in [0.3, 0.4) is 0 Å². The maximum atomic E-state index is 4.50. The summed E-state index contributed by atoms with van der Waals surface area (Å²) in [7, 11) is 0. The first-order valence-electron chi connectivity index (χ1n) is 6.10. The van der Waals surface area contributed by atoms with Crippen LogP contribution in [-0.2, 0) is 0 Å². The van der Waals surface area contributed by atoms with Crippen molar-refractivity contribution in [2.75, 3.05) is 13.1 Å². The Morgan fingerprint density at radius 1 is 1.22 bits per heavy atom. The summed E-state index contributed by atoms with van der Waals surface area (Å²) >= 11 is 3.50. The number of nitrogens with one attached hydrogen (secondary N) is 1. The Morgan fingerprint density at radius 3 is 2.78 bits per heavy atom. The second-order valence-electron chi connectivity index (χ2n) is 4.41. The van der Waals surface area contributed by atoms with Crippen LogP contribution in [0.4, 0.5) is 0 Å². The molecule has 0 aliphatic carbocycles. The molecule has 6 heteroatoms. The van der Waals surface area contributed by atoms with Gasteiger partial charge in [-0.1, -0.05) is 12.1 Å². The molecule has 18 heavy (non-hydrogen) atoms. The number of tetrazole rings is 1. The number of hydrogen-bond donors (Lipinski definition) is 1. The van der Waals surface area contributed by atoms with Crippen molar-refractivity contribution >= 4 is 15.9 Å². The van der Waals surface area contributed by atoms with E-state index >= 15 is 0 Å². The first kappa shape index (κ1) is 11.8. The second-order valence-corrected chi connectivity index (χ2v) is 5.27. The van der Waals surface area contributed by atoms with Gasteiger partial charge in [0.15, 0.2) is 5.82 Å². The molecule has 1 aliphatic heterocycles. The van der Waals surface area contributed by atoms with Gasteiger partial charge in [0, 0.05) is 10.4 Å². The van der Waals surface area contributed by atoms with Gasteiger partial charge < -0.3 is 5.32 Å². The molecular weight excluding hydrogens is 294 g/mol. The molecule has 0 saturated carbocycles. The van der Waals surface area contributed by atoms with Crippen LogP contribution < -0.4 is 5.32 Å². The molecule has 1 aromatic heterocycles. The molecule has 0 radical (unpaired) electrons. The van der Waals surface area contributed by atoms with Crippen LogP contribution in [0.25, 0.3) is 5.69 Å². The predicted molar refractivity (Wildman–Crippen MR) is 71.7 cm³/mol. The molecule has 1 saturated heterocycles. The first-order valence-corrected chi connectivity index (χ1v) is 6.89. The van der Waals surface area contributed by atoms with E-state index in [0.29, 0.717) is 5.92 Å². The molecule has 2 heterocycles. The smallest absolute Gasteiger partial charge is 0.178 e. The Morgan fingerprint density at radius 2 is 2.00 bits per heavy atom. The number of para-hydroxylation sites is 1. The van der Waals surface area contributed by atoms with E-state index in [9.17, 15) is 0 Å². The highest BCUT2D eigenvalue weighted by molar-refractivity contribution is 9.10. The van der Waals surface area contributed by atoms with E-state index in [4.69, 9.17) is 0 Å². The number of rotatable bonds is 2. The van der Waals surface area contributed by atoms with E-state index in [-0.39, 0.29) is 0 Å². The van der Waals surface area contributed by atoms with Gasteiger partial charge >= 0.3 is 0 Å². The SMILES string of the molecule is Brc1ccccc1-n1nnc(C2CCNCC2)n1. The van der Waals surface area contributed by atoms with Crippen LogP contribution in [0.15, 0.2) is 28.7 Å². The molecule has 1 aliphatic rings. The van der Waals surface area contributed by atoms with Crippen molar-refractivity contribution in [3.63, 3.8) is 0 Å². The molecular formula is C12H14BrN5. The highest BCUT2D eigenvalue weighted by Crippen LogP contribution is 2.23. The highest BCUT2D eigenvalue weighted by Gasteiger charge is 2.20. The Balaban J connectivity index is 1.87. The lowest BCUT2D eigenvalue weighted by atomic mass is 9.98. The summed E-state index contributed by atoms with van der Waals surface area (Å²) < 4.78 is 0.972. The van der Waals surface area contributed by atoms with Crippen molar-refractivity contribution in [3.8, 4) is 5.69 Å².